The van der Waals surface area contributed by atoms with Gasteiger partial charge in [-0.15, -0.1) is 0 Å². The van der Waals surface area contributed by atoms with E-state index in [0.717, 1.165) is 10.9 Å². The average Bonchev–Trinajstić information content (AvgIpc) is 3.35. The van der Waals surface area contributed by atoms with E-state index in [0.29, 0.717) is 34.0 Å². The number of nitrogens with two attached hydrogens (primary N) is 1. The van der Waals surface area contributed by atoms with Gasteiger partial charge in [-0.2, -0.15) is 0 Å². The smallest absolute Gasteiger partial charge is 0.307 e. The van der Waals surface area contributed by atoms with E-state index in [1.807, 2.05) is 24.3 Å². The Kier molecular flexibility index (Phi) is 4.82. The number of hydrogen-bond donors (Lipinski definition) is 2. The zero-order chi connectivity index (χ0) is 19.5. The fourth-order valence-electron chi connectivity index (χ4n) is 3.03. The Balaban J connectivity index is 1.64. The van der Waals surface area contributed by atoms with Crippen LogP contribution >= 0.6 is 0 Å². The summed E-state index contributed by atoms with van der Waals surface area (Å²) in [6.07, 6.45) is 3.03. The second-order valence-electron chi connectivity index (χ2n) is 6.30. The monoisotopic (exact) mass is 378 g/mol. The molecule has 2 heterocycles. The Bertz CT molecular complexity index is 1130. The lowest BCUT2D eigenvalue weighted by atomic mass is 10.1. The van der Waals surface area contributed by atoms with Crippen LogP contribution in [0.15, 0.2) is 63.8 Å². The van der Waals surface area contributed by atoms with Gasteiger partial charge in [0.1, 0.15) is 24.2 Å². The maximum absolute atomic E-state index is 11.0. The summed E-state index contributed by atoms with van der Waals surface area (Å²) in [5.41, 5.74) is 9.14. The third-order valence-electron chi connectivity index (χ3n) is 4.31. The van der Waals surface area contributed by atoms with E-state index >= 15 is 0 Å². The number of rotatable bonds is 7. The van der Waals surface area contributed by atoms with Gasteiger partial charge < -0.3 is 24.4 Å². The molecule has 28 heavy (non-hydrogen) atoms. The summed E-state index contributed by atoms with van der Waals surface area (Å²) in [6, 6.07) is 12.8. The van der Waals surface area contributed by atoms with Crippen molar-refractivity contribution in [3.63, 3.8) is 0 Å². The van der Waals surface area contributed by atoms with E-state index in [1.165, 1.54) is 6.26 Å². The van der Waals surface area contributed by atoms with Gasteiger partial charge >= 0.3 is 5.97 Å². The van der Waals surface area contributed by atoms with E-state index in [1.54, 1.807) is 24.5 Å². The Morgan fingerprint density at radius 1 is 1.18 bits per heavy atom. The van der Waals surface area contributed by atoms with Crippen molar-refractivity contribution >= 4 is 16.9 Å². The highest BCUT2D eigenvalue weighted by molar-refractivity contribution is 5.91. The van der Waals surface area contributed by atoms with Crippen LogP contribution < -0.4 is 10.5 Å². The first-order valence-corrected chi connectivity index (χ1v) is 8.71. The molecule has 4 aromatic rings. The minimum atomic E-state index is -0.905. The van der Waals surface area contributed by atoms with Crippen molar-refractivity contribution in [2.45, 2.75) is 19.6 Å². The highest BCUT2D eigenvalue weighted by Gasteiger charge is 2.15. The van der Waals surface area contributed by atoms with Crippen molar-refractivity contribution in [2.24, 2.45) is 5.73 Å². The van der Waals surface area contributed by atoms with Crippen LogP contribution in [-0.4, -0.2) is 16.1 Å². The summed E-state index contributed by atoms with van der Waals surface area (Å²) in [5, 5.41) is 9.95. The molecular formula is C21H18N2O5. The lowest BCUT2D eigenvalue weighted by molar-refractivity contribution is -0.136. The number of fused-ring (bicyclic) bond motifs is 1. The minimum absolute atomic E-state index is 0.0969. The molecule has 0 saturated carbocycles. The molecule has 0 spiro atoms. The average molecular weight is 378 g/mol. The molecule has 0 atom stereocenters. The molecular weight excluding hydrogens is 360 g/mol. The highest BCUT2D eigenvalue weighted by Crippen LogP contribution is 2.31. The molecule has 7 nitrogen and oxygen atoms in total. The van der Waals surface area contributed by atoms with Crippen LogP contribution in [0.1, 0.15) is 16.8 Å². The lowest BCUT2D eigenvalue weighted by Crippen LogP contribution is -2.04. The predicted octanol–water partition coefficient (Wildman–Crippen LogP) is 3.75. The third kappa shape index (κ3) is 3.60. The zero-order valence-corrected chi connectivity index (χ0v) is 14.9. The maximum atomic E-state index is 11.0. The molecule has 0 amide bonds. The molecule has 2 aromatic carbocycles. The summed E-state index contributed by atoms with van der Waals surface area (Å²) in [4.78, 5) is 15.4. The molecule has 0 aliphatic carbocycles. The van der Waals surface area contributed by atoms with Crippen molar-refractivity contribution in [3.05, 3.63) is 71.8 Å². The van der Waals surface area contributed by atoms with Crippen molar-refractivity contribution in [1.29, 1.82) is 0 Å². The van der Waals surface area contributed by atoms with E-state index < -0.39 is 5.97 Å². The molecule has 0 unspecified atom stereocenters. The molecule has 0 radical (unpaired) electrons. The van der Waals surface area contributed by atoms with Gasteiger partial charge in [0, 0.05) is 17.5 Å². The number of ether oxygens (including phenoxy) is 1. The van der Waals surface area contributed by atoms with E-state index in [2.05, 4.69) is 4.98 Å². The lowest BCUT2D eigenvalue weighted by Gasteiger charge is -2.11. The van der Waals surface area contributed by atoms with Gasteiger partial charge in [-0.3, -0.25) is 4.79 Å². The fourth-order valence-corrected chi connectivity index (χ4v) is 3.03. The van der Waals surface area contributed by atoms with Gasteiger partial charge in [-0.1, -0.05) is 18.2 Å². The maximum Gasteiger partial charge on any atom is 0.307 e. The van der Waals surface area contributed by atoms with Crippen molar-refractivity contribution in [2.75, 3.05) is 0 Å². The molecule has 0 fully saturated rings. The minimum Gasteiger partial charge on any atom is -0.489 e. The summed E-state index contributed by atoms with van der Waals surface area (Å²) in [7, 11) is 0. The molecule has 0 saturated heterocycles. The number of oxazole rings is 1. The van der Waals surface area contributed by atoms with Crippen molar-refractivity contribution in [1.82, 2.24) is 4.98 Å². The van der Waals surface area contributed by atoms with Crippen molar-refractivity contribution in [3.8, 4) is 17.2 Å². The Morgan fingerprint density at radius 3 is 2.82 bits per heavy atom. The normalized spacial score (nSPS) is 11.0. The number of carboxylic acid groups (broad SMARTS) is 1. The van der Waals surface area contributed by atoms with Gasteiger partial charge in [-0.25, -0.2) is 4.98 Å². The van der Waals surface area contributed by atoms with Gasteiger partial charge in [0.15, 0.2) is 0 Å². The summed E-state index contributed by atoms with van der Waals surface area (Å²) in [6.45, 7) is 0.545. The van der Waals surface area contributed by atoms with Crippen LogP contribution in [0.25, 0.3) is 22.4 Å². The largest absolute Gasteiger partial charge is 0.489 e. The number of carbonyl (C=O) groups is 1. The van der Waals surface area contributed by atoms with Crippen LogP contribution in [0.5, 0.6) is 5.75 Å². The van der Waals surface area contributed by atoms with Crippen LogP contribution in [0.4, 0.5) is 0 Å². The second kappa shape index (κ2) is 7.58. The molecule has 3 N–H and O–H groups in total. The first-order valence-electron chi connectivity index (χ1n) is 8.71. The zero-order valence-electron chi connectivity index (χ0n) is 14.9. The summed E-state index contributed by atoms with van der Waals surface area (Å²) >= 11 is 0. The molecule has 7 heteroatoms. The molecule has 0 bridgehead atoms. The number of hydrogen-bond acceptors (Lipinski definition) is 6. The number of nitrogens with zero attached hydrogens (tertiary/aromatic N) is 1. The van der Waals surface area contributed by atoms with Gasteiger partial charge in [0.05, 0.1) is 23.9 Å². The standard InChI is InChI=1S/C21H18N2O5/c22-10-16-12-28-21(23-16)17-8-13(7-15-5-6-26-20(15)17)11-27-18-4-2-1-3-14(18)9-19(24)25/h1-8,12H,9-11,22H2,(H,24,25). The third-order valence-corrected chi connectivity index (χ3v) is 4.31. The summed E-state index contributed by atoms with van der Waals surface area (Å²) < 4.78 is 17.0. The number of furan rings is 1. The number of aromatic nitrogens is 1. The summed E-state index contributed by atoms with van der Waals surface area (Å²) in [5.74, 6) is 0.0616. The number of benzene rings is 2. The van der Waals surface area contributed by atoms with Crippen LogP contribution in [0, 0.1) is 0 Å². The van der Waals surface area contributed by atoms with E-state index in [9.17, 15) is 4.79 Å². The Hall–Kier alpha value is -3.58. The molecule has 0 aliphatic heterocycles. The second-order valence-corrected chi connectivity index (χ2v) is 6.30. The van der Waals surface area contributed by atoms with Crippen LogP contribution in [0.2, 0.25) is 0 Å². The first kappa shape index (κ1) is 17.8. The topological polar surface area (TPSA) is 112 Å². The molecule has 4 rings (SSSR count). The van der Waals surface area contributed by atoms with Gasteiger partial charge in [0.2, 0.25) is 5.89 Å². The van der Waals surface area contributed by atoms with Crippen molar-refractivity contribution < 1.29 is 23.5 Å². The number of aliphatic carboxylic acids is 1. The van der Waals surface area contributed by atoms with Gasteiger partial charge in [-0.05, 0) is 29.8 Å². The van der Waals surface area contributed by atoms with Crippen LogP contribution in [0.3, 0.4) is 0 Å². The Labute approximate surface area is 160 Å². The van der Waals surface area contributed by atoms with E-state index in [-0.39, 0.29) is 19.6 Å². The van der Waals surface area contributed by atoms with Crippen LogP contribution in [-0.2, 0) is 24.4 Å². The fraction of sp³-hybridized carbons (Fsp3) is 0.143. The number of carboxylic acids is 1. The quantitative estimate of drug-likeness (QED) is 0.503. The SMILES string of the molecule is NCc1coc(-c2cc(COc3ccccc3CC(=O)O)cc3ccoc23)n1. The van der Waals surface area contributed by atoms with Gasteiger partial charge in [0.25, 0.3) is 0 Å². The molecule has 0 aliphatic rings. The molecule has 142 valence electrons. The number of para-hydroxylation sites is 1. The highest BCUT2D eigenvalue weighted by atomic mass is 16.5. The Morgan fingerprint density at radius 2 is 2.04 bits per heavy atom. The first-order chi connectivity index (χ1) is 13.6. The predicted molar refractivity (Wildman–Crippen MR) is 102 cm³/mol. The van der Waals surface area contributed by atoms with E-state index in [4.69, 9.17) is 24.4 Å². The molecule has 2 aromatic heterocycles.